The number of rotatable bonds is 4. The first-order valence-corrected chi connectivity index (χ1v) is 10.9. The second-order valence-electron chi connectivity index (χ2n) is 3.96. The van der Waals surface area contributed by atoms with Crippen molar-refractivity contribution < 1.29 is 0 Å². The Kier molecular flexibility index (Phi) is 5.88. The van der Waals surface area contributed by atoms with Gasteiger partial charge in [-0.15, -0.1) is 0 Å². The van der Waals surface area contributed by atoms with Crippen LogP contribution in [0.25, 0.3) is 0 Å². The van der Waals surface area contributed by atoms with E-state index in [1.54, 1.807) is 0 Å². The number of halogens is 3. The van der Waals surface area contributed by atoms with Crippen molar-refractivity contribution in [2.24, 2.45) is 0 Å². The van der Waals surface area contributed by atoms with Crippen molar-refractivity contribution in [3.63, 3.8) is 0 Å². The molecule has 0 aliphatic rings. The van der Waals surface area contributed by atoms with Gasteiger partial charge in [-0.25, -0.2) is 0 Å². The van der Waals surface area contributed by atoms with Crippen molar-refractivity contribution in [3.8, 4) is 0 Å². The fraction of sp³-hybridized carbons (Fsp3) is 0.143. The quantitative estimate of drug-likeness (QED) is 0.454. The SMILES string of the molecule is Brc1ccccc1CP(Br)Cc1ccccc1Br. The molecule has 4 heteroatoms. The first kappa shape index (κ1) is 14.7. The van der Waals surface area contributed by atoms with E-state index < -0.39 is 0 Å². The molecule has 0 fully saturated rings. The normalized spacial score (nSPS) is 10.9. The molecule has 94 valence electrons. The Balaban J connectivity index is 2.04. The molecule has 0 spiro atoms. The van der Waals surface area contributed by atoms with Crippen molar-refractivity contribution in [2.45, 2.75) is 12.3 Å². The van der Waals surface area contributed by atoms with Gasteiger partial charge in [0.05, 0.1) is 0 Å². The summed E-state index contributed by atoms with van der Waals surface area (Å²) in [5.74, 6) is 0. The molecule has 0 unspecified atom stereocenters. The number of hydrogen-bond acceptors (Lipinski definition) is 0. The summed E-state index contributed by atoms with van der Waals surface area (Å²) in [6, 6.07) is 16.9. The van der Waals surface area contributed by atoms with Gasteiger partial charge in [0.25, 0.3) is 0 Å². The molecule has 0 radical (unpaired) electrons. The first-order valence-electron chi connectivity index (χ1n) is 5.54. The Morgan fingerprint density at radius 1 is 0.722 bits per heavy atom. The van der Waals surface area contributed by atoms with Crippen LogP contribution in [0.1, 0.15) is 11.1 Å². The Bertz CT molecular complexity index is 480. The molecule has 0 amide bonds. The van der Waals surface area contributed by atoms with Gasteiger partial charge in [-0.05, 0) is 29.9 Å². The summed E-state index contributed by atoms with van der Waals surface area (Å²) in [4.78, 5) is 0. The van der Waals surface area contributed by atoms with E-state index in [1.807, 2.05) is 0 Å². The smallest absolute Gasteiger partial charge is 0.0211 e. The fourth-order valence-electron chi connectivity index (χ4n) is 1.68. The van der Waals surface area contributed by atoms with E-state index in [-0.39, 0.29) is 6.62 Å². The van der Waals surface area contributed by atoms with Crippen LogP contribution in [0.15, 0.2) is 57.5 Å². The third-order valence-corrected chi connectivity index (χ3v) is 7.02. The predicted molar refractivity (Wildman–Crippen MR) is 91.5 cm³/mol. The first-order chi connectivity index (χ1) is 8.66. The lowest BCUT2D eigenvalue weighted by Gasteiger charge is -2.12. The molecule has 2 aromatic rings. The summed E-state index contributed by atoms with van der Waals surface area (Å²) >= 11 is 11.1. The van der Waals surface area contributed by atoms with Gasteiger partial charge in [-0.3, -0.25) is 0 Å². The Hall–Kier alpha value is 0.310. The molecular formula is C14H12Br3P. The molecule has 0 N–H and O–H groups in total. The molecule has 0 aliphatic carbocycles. The fourth-order valence-corrected chi connectivity index (χ4v) is 5.99. The van der Waals surface area contributed by atoms with E-state index in [2.05, 4.69) is 95.9 Å². The van der Waals surface area contributed by atoms with Crippen molar-refractivity contribution >= 4 is 54.0 Å². The van der Waals surface area contributed by atoms with Crippen molar-refractivity contribution in [3.05, 3.63) is 68.6 Å². The average molecular weight is 451 g/mol. The highest BCUT2D eigenvalue weighted by Crippen LogP contribution is 2.52. The minimum Gasteiger partial charge on any atom is -0.0619 e. The van der Waals surface area contributed by atoms with E-state index in [1.165, 1.54) is 20.1 Å². The van der Waals surface area contributed by atoms with Crippen LogP contribution in [0.5, 0.6) is 0 Å². The third-order valence-electron chi connectivity index (χ3n) is 2.60. The second-order valence-corrected chi connectivity index (χ2v) is 10.2. The highest BCUT2D eigenvalue weighted by atomic mass is 79.9. The van der Waals surface area contributed by atoms with Crippen LogP contribution in [-0.2, 0) is 12.3 Å². The molecule has 0 aliphatic heterocycles. The molecule has 0 saturated carbocycles. The van der Waals surface area contributed by atoms with Crippen LogP contribution in [0.2, 0.25) is 0 Å². The average Bonchev–Trinajstić information content (AvgIpc) is 2.35. The standard InChI is InChI=1S/C14H12Br3P/c15-13-7-3-1-5-11(13)9-18(17)10-12-6-2-4-8-14(12)16/h1-8H,9-10H2. The van der Waals surface area contributed by atoms with E-state index in [0.29, 0.717) is 0 Å². The number of benzene rings is 2. The lowest BCUT2D eigenvalue weighted by molar-refractivity contribution is 1.31. The van der Waals surface area contributed by atoms with Gasteiger partial charge in [-0.1, -0.05) is 83.7 Å². The van der Waals surface area contributed by atoms with E-state index >= 15 is 0 Å². The largest absolute Gasteiger partial charge is 0.0619 e. The zero-order chi connectivity index (χ0) is 13.0. The van der Waals surface area contributed by atoms with Crippen LogP contribution in [0, 0.1) is 0 Å². The van der Waals surface area contributed by atoms with E-state index in [9.17, 15) is 0 Å². The minimum absolute atomic E-state index is 0.213. The third kappa shape index (κ3) is 4.16. The van der Waals surface area contributed by atoms with Crippen LogP contribution in [0.4, 0.5) is 0 Å². The monoisotopic (exact) mass is 448 g/mol. The van der Waals surface area contributed by atoms with Crippen LogP contribution in [0.3, 0.4) is 0 Å². The van der Waals surface area contributed by atoms with E-state index in [0.717, 1.165) is 12.3 Å². The van der Waals surface area contributed by atoms with Crippen LogP contribution in [-0.4, -0.2) is 0 Å². The summed E-state index contributed by atoms with van der Waals surface area (Å²) in [5, 5.41) is 0. The van der Waals surface area contributed by atoms with Crippen molar-refractivity contribution in [2.75, 3.05) is 0 Å². The van der Waals surface area contributed by atoms with Gasteiger partial charge in [0, 0.05) is 21.3 Å². The Labute approximate surface area is 134 Å². The lowest BCUT2D eigenvalue weighted by Crippen LogP contribution is -1.87. The van der Waals surface area contributed by atoms with Crippen molar-refractivity contribution in [1.29, 1.82) is 0 Å². The maximum absolute atomic E-state index is 3.84. The lowest BCUT2D eigenvalue weighted by atomic mass is 10.2. The molecule has 2 rings (SSSR count). The second kappa shape index (κ2) is 7.19. The van der Waals surface area contributed by atoms with Crippen molar-refractivity contribution in [1.82, 2.24) is 0 Å². The van der Waals surface area contributed by atoms with Gasteiger partial charge < -0.3 is 0 Å². The topological polar surface area (TPSA) is 0 Å². The summed E-state index contributed by atoms with van der Waals surface area (Å²) in [5.41, 5.74) is 2.74. The van der Waals surface area contributed by atoms with Gasteiger partial charge in [0.1, 0.15) is 0 Å². The number of hydrogen-bond donors (Lipinski definition) is 0. The summed E-state index contributed by atoms with van der Waals surface area (Å²) in [7, 11) is 0. The van der Waals surface area contributed by atoms with Gasteiger partial charge in [0.2, 0.25) is 0 Å². The molecule has 0 heterocycles. The summed E-state index contributed by atoms with van der Waals surface area (Å²) in [6.45, 7) is -0.213. The maximum Gasteiger partial charge on any atom is 0.0211 e. The van der Waals surface area contributed by atoms with Crippen LogP contribution >= 0.6 is 54.0 Å². The minimum atomic E-state index is -0.213. The zero-order valence-corrected chi connectivity index (χ0v) is 15.3. The van der Waals surface area contributed by atoms with Gasteiger partial charge >= 0.3 is 0 Å². The highest BCUT2D eigenvalue weighted by Gasteiger charge is 2.10. The van der Waals surface area contributed by atoms with E-state index in [4.69, 9.17) is 0 Å². The molecule has 18 heavy (non-hydrogen) atoms. The highest BCUT2D eigenvalue weighted by molar-refractivity contribution is 9.39. The summed E-state index contributed by atoms with van der Waals surface area (Å²) < 4.78 is 2.40. The Morgan fingerprint density at radius 2 is 1.11 bits per heavy atom. The molecule has 0 nitrogen and oxygen atoms in total. The molecule has 2 aromatic carbocycles. The molecule has 0 bridgehead atoms. The predicted octanol–water partition coefficient (Wildman–Crippen LogP) is 6.70. The van der Waals surface area contributed by atoms with Crippen LogP contribution < -0.4 is 0 Å². The molecule has 0 saturated heterocycles. The van der Waals surface area contributed by atoms with Gasteiger partial charge in [-0.2, -0.15) is 0 Å². The summed E-state index contributed by atoms with van der Waals surface area (Å²) in [6.07, 6.45) is 2.16. The zero-order valence-electron chi connectivity index (χ0n) is 9.61. The Morgan fingerprint density at radius 3 is 1.50 bits per heavy atom. The van der Waals surface area contributed by atoms with Gasteiger partial charge in [0.15, 0.2) is 0 Å². The maximum atomic E-state index is 3.84. The molecule has 0 atom stereocenters. The molecular weight excluding hydrogens is 439 g/mol. The molecule has 0 aromatic heterocycles.